The Hall–Kier alpha value is -0.790. The molecule has 0 heterocycles. The Kier molecular flexibility index (Phi) is 6.29. The van der Waals surface area contributed by atoms with Crippen LogP contribution in [0.25, 0.3) is 0 Å². The molecule has 0 spiro atoms. The van der Waals surface area contributed by atoms with E-state index in [0.717, 1.165) is 4.47 Å². The van der Waals surface area contributed by atoms with Gasteiger partial charge in [0, 0.05) is 17.4 Å². The molecule has 0 amide bonds. The second kappa shape index (κ2) is 7.28. The maximum absolute atomic E-state index is 12.1. The van der Waals surface area contributed by atoms with Crippen LogP contribution in [-0.4, -0.2) is 31.8 Å². The van der Waals surface area contributed by atoms with Gasteiger partial charge in [0.1, 0.15) is 0 Å². The normalized spacial score (nSPS) is 11.3. The number of rotatable bonds is 7. The summed E-state index contributed by atoms with van der Waals surface area (Å²) in [6.45, 7) is 1.62. The van der Waals surface area contributed by atoms with Crippen LogP contribution in [0.1, 0.15) is 19.8 Å². The Balaban J connectivity index is 3.07. The molecule has 1 N–H and O–H groups in total. The highest BCUT2D eigenvalue weighted by Gasteiger charge is 2.22. The third-order valence-corrected chi connectivity index (χ3v) is 5.21. The van der Waals surface area contributed by atoms with Crippen LogP contribution in [0.3, 0.4) is 0 Å². The summed E-state index contributed by atoms with van der Waals surface area (Å²) in [5, 5.41) is 8.95. The van der Waals surface area contributed by atoms with Gasteiger partial charge in [-0.3, -0.25) is 9.10 Å². The molecule has 1 aromatic carbocycles. The van der Waals surface area contributed by atoms with Gasteiger partial charge in [0.2, 0.25) is 10.0 Å². The molecule has 112 valence electrons. The van der Waals surface area contributed by atoms with E-state index in [1.165, 1.54) is 11.2 Å². The molecule has 5 nitrogen and oxygen atoms in total. The lowest BCUT2D eigenvalue weighted by molar-refractivity contribution is -0.137. The average molecular weight is 385 g/mol. The van der Waals surface area contributed by atoms with Gasteiger partial charge in [0.05, 0.1) is 16.5 Å². The van der Waals surface area contributed by atoms with E-state index in [0.29, 0.717) is 10.7 Å². The van der Waals surface area contributed by atoms with Crippen molar-refractivity contribution in [2.24, 2.45) is 0 Å². The molecular weight excluding hydrogens is 370 g/mol. The van der Waals surface area contributed by atoms with Gasteiger partial charge in [0.15, 0.2) is 0 Å². The molecule has 0 atom stereocenters. The van der Waals surface area contributed by atoms with Crippen molar-refractivity contribution in [1.82, 2.24) is 0 Å². The molecule has 0 aliphatic heterocycles. The van der Waals surface area contributed by atoms with Gasteiger partial charge < -0.3 is 5.11 Å². The monoisotopic (exact) mass is 383 g/mol. The van der Waals surface area contributed by atoms with E-state index in [1.807, 2.05) is 0 Å². The highest BCUT2D eigenvalue weighted by molar-refractivity contribution is 9.10. The van der Waals surface area contributed by atoms with Gasteiger partial charge in [-0.1, -0.05) is 27.5 Å². The van der Waals surface area contributed by atoms with E-state index in [9.17, 15) is 13.2 Å². The Labute approximate surface area is 131 Å². The maximum Gasteiger partial charge on any atom is 0.303 e. The first-order valence-electron chi connectivity index (χ1n) is 5.95. The Bertz CT molecular complexity index is 591. The smallest absolute Gasteiger partial charge is 0.303 e. The molecular formula is C12H15BrClNO4S. The fourth-order valence-corrected chi connectivity index (χ4v) is 3.63. The fraction of sp³-hybridized carbons (Fsp3) is 0.417. The summed E-state index contributed by atoms with van der Waals surface area (Å²) in [6, 6.07) is 4.89. The first-order chi connectivity index (χ1) is 9.27. The van der Waals surface area contributed by atoms with E-state index < -0.39 is 16.0 Å². The highest BCUT2D eigenvalue weighted by atomic mass is 79.9. The van der Waals surface area contributed by atoms with Crippen molar-refractivity contribution < 1.29 is 18.3 Å². The third kappa shape index (κ3) is 4.64. The number of halogens is 2. The number of aliphatic carboxylic acids is 1. The number of nitrogens with zero attached hydrogens (tertiary/aromatic N) is 1. The molecule has 20 heavy (non-hydrogen) atoms. The van der Waals surface area contributed by atoms with E-state index in [-0.39, 0.29) is 25.1 Å². The van der Waals surface area contributed by atoms with Crippen LogP contribution < -0.4 is 4.31 Å². The molecule has 8 heteroatoms. The molecule has 0 fully saturated rings. The van der Waals surface area contributed by atoms with Crippen LogP contribution in [0, 0.1) is 0 Å². The van der Waals surface area contributed by atoms with Crippen molar-refractivity contribution in [1.29, 1.82) is 0 Å². The summed E-state index contributed by atoms with van der Waals surface area (Å²) < 4.78 is 26.2. The van der Waals surface area contributed by atoms with Gasteiger partial charge in [0.25, 0.3) is 0 Å². The predicted octanol–water partition coefficient (Wildman–Crippen LogP) is 3.12. The topological polar surface area (TPSA) is 74.7 Å². The molecule has 0 aliphatic carbocycles. The number of hydrogen-bond acceptors (Lipinski definition) is 3. The minimum absolute atomic E-state index is 0.0769. The van der Waals surface area contributed by atoms with Crippen LogP contribution in [-0.2, 0) is 14.8 Å². The summed E-state index contributed by atoms with van der Waals surface area (Å²) in [5.74, 6) is -1.03. The molecule has 0 saturated carbocycles. The van der Waals surface area contributed by atoms with Crippen LogP contribution in [0.15, 0.2) is 22.7 Å². The average Bonchev–Trinajstić information content (AvgIpc) is 2.35. The van der Waals surface area contributed by atoms with Crippen LogP contribution >= 0.6 is 27.5 Å². The summed E-state index contributed by atoms with van der Waals surface area (Å²) in [5.41, 5.74) is 0.363. The van der Waals surface area contributed by atoms with Crippen molar-refractivity contribution in [2.45, 2.75) is 19.8 Å². The number of carboxylic acid groups (broad SMARTS) is 1. The fourth-order valence-electron chi connectivity index (χ4n) is 1.62. The summed E-state index contributed by atoms with van der Waals surface area (Å²) in [4.78, 5) is 10.5. The van der Waals surface area contributed by atoms with Gasteiger partial charge in [-0.25, -0.2) is 8.42 Å². The Morgan fingerprint density at radius 3 is 2.60 bits per heavy atom. The lowest BCUT2D eigenvalue weighted by Crippen LogP contribution is -2.33. The zero-order valence-electron chi connectivity index (χ0n) is 10.8. The number of benzene rings is 1. The second-order valence-electron chi connectivity index (χ2n) is 4.07. The van der Waals surface area contributed by atoms with Gasteiger partial charge in [-0.2, -0.15) is 0 Å². The number of anilines is 1. The van der Waals surface area contributed by atoms with Crippen molar-refractivity contribution in [2.75, 3.05) is 16.6 Å². The van der Waals surface area contributed by atoms with Gasteiger partial charge >= 0.3 is 5.97 Å². The summed E-state index contributed by atoms with van der Waals surface area (Å²) in [6.07, 6.45) is 0.130. The molecule has 0 unspecified atom stereocenters. The zero-order valence-corrected chi connectivity index (χ0v) is 14.0. The molecule has 1 aromatic rings. The maximum atomic E-state index is 12.1. The van der Waals surface area contributed by atoms with Crippen molar-refractivity contribution in [3.8, 4) is 0 Å². The lowest BCUT2D eigenvalue weighted by Gasteiger charge is -2.24. The largest absolute Gasteiger partial charge is 0.481 e. The molecule has 0 aromatic heterocycles. The van der Waals surface area contributed by atoms with Crippen LogP contribution in [0.4, 0.5) is 5.69 Å². The first kappa shape index (κ1) is 17.3. The standard InChI is InChI=1S/C12H15BrClNO4S/c1-2-20(18,19)15(7-3-4-12(16)17)11-6-5-9(13)8-10(11)14/h5-6,8H,2-4,7H2,1H3,(H,16,17). The molecule has 0 bridgehead atoms. The minimum atomic E-state index is -3.51. The molecule has 0 saturated heterocycles. The summed E-state index contributed by atoms with van der Waals surface area (Å²) >= 11 is 9.33. The van der Waals surface area contributed by atoms with Gasteiger partial charge in [-0.15, -0.1) is 0 Å². The molecule has 0 radical (unpaired) electrons. The third-order valence-electron chi connectivity index (χ3n) is 2.63. The van der Waals surface area contributed by atoms with E-state index in [4.69, 9.17) is 16.7 Å². The number of carbonyl (C=O) groups is 1. The zero-order chi connectivity index (χ0) is 15.3. The SMILES string of the molecule is CCS(=O)(=O)N(CCCC(=O)O)c1ccc(Br)cc1Cl. The van der Waals surface area contributed by atoms with E-state index >= 15 is 0 Å². The van der Waals surface area contributed by atoms with Crippen LogP contribution in [0.2, 0.25) is 5.02 Å². The number of hydrogen-bond donors (Lipinski definition) is 1. The first-order valence-corrected chi connectivity index (χ1v) is 8.73. The predicted molar refractivity (Wildman–Crippen MR) is 82.8 cm³/mol. The van der Waals surface area contributed by atoms with E-state index in [1.54, 1.807) is 18.2 Å². The highest BCUT2D eigenvalue weighted by Crippen LogP contribution is 2.31. The number of carboxylic acids is 1. The Morgan fingerprint density at radius 1 is 1.45 bits per heavy atom. The number of sulfonamides is 1. The van der Waals surface area contributed by atoms with E-state index in [2.05, 4.69) is 15.9 Å². The minimum Gasteiger partial charge on any atom is -0.481 e. The quantitative estimate of drug-likeness (QED) is 0.784. The van der Waals surface area contributed by atoms with Crippen molar-refractivity contribution >= 4 is 49.2 Å². The Morgan fingerprint density at radius 2 is 2.10 bits per heavy atom. The lowest BCUT2D eigenvalue weighted by atomic mass is 10.3. The summed E-state index contributed by atoms with van der Waals surface area (Å²) in [7, 11) is -3.51. The van der Waals surface area contributed by atoms with Crippen molar-refractivity contribution in [3.05, 3.63) is 27.7 Å². The van der Waals surface area contributed by atoms with Gasteiger partial charge in [-0.05, 0) is 31.5 Å². The molecule has 1 rings (SSSR count). The molecule has 0 aliphatic rings. The van der Waals surface area contributed by atoms with Crippen LogP contribution in [0.5, 0.6) is 0 Å². The second-order valence-corrected chi connectivity index (χ2v) is 7.57. The van der Waals surface area contributed by atoms with Crippen molar-refractivity contribution in [3.63, 3.8) is 0 Å².